The number of aromatic amines is 2. The van der Waals surface area contributed by atoms with Gasteiger partial charge in [0.1, 0.15) is 5.82 Å². The van der Waals surface area contributed by atoms with Crippen molar-refractivity contribution in [2.24, 2.45) is 0 Å². The van der Waals surface area contributed by atoms with Crippen molar-refractivity contribution in [1.82, 2.24) is 9.97 Å². The van der Waals surface area contributed by atoms with Crippen LogP contribution in [0.5, 0.6) is 0 Å². The van der Waals surface area contributed by atoms with Crippen molar-refractivity contribution in [1.29, 1.82) is 0 Å². The van der Waals surface area contributed by atoms with Gasteiger partial charge >= 0.3 is 5.69 Å². The van der Waals surface area contributed by atoms with Gasteiger partial charge in [-0.2, -0.15) is 0 Å². The van der Waals surface area contributed by atoms with Gasteiger partial charge in [-0.25, -0.2) is 9.18 Å². The van der Waals surface area contributed by atoms with Crippen LogP contribution in [0.15, 0.2) is 53.3 Å². The van der Waals surface area contributed by atoms with Gasteiger partial charge in [0, 0.05) is 5.56 Å². The molecule has 0 atom stereocenters. The minimum atomic E-state index is -0.351. The summed E-state index contributed by atoms with van der Waals surface area (Å²) in [6, 6.07) is 10.9. The van der Waals surface area contributed by atoms with Crippen molar-refractivity contribution in [2.45, 2.75) is 0 Å². The van der Waals surface area contributed by atoms with E-state index >= 15 is 0 Å². The first-order valence-corrected chi connectivity index (χ1v) is 6.32. The molecule has 0 saturated heterocycles. The highest BCUT2D eigenvalue weighted by molar-refractivity contribution is 6.08. The van der Waals surface area contributed by atoms with Gasteiger partial charge in [0.15, 0.2) is 5.78 Å². The van der Waals surface area contributed by atoms with Crippen molar-refractivity contribution >= 4 is 22.9 Å². The van der Waals surface area contributed by atoms with E-state index in [0.717, 1.165) is 0 Å². The van der Waals surface area contributed by atoms with Crippen molar-refractivity contribution in [3.8, 4) is 0 Å². The first-order chi connectivity index (χ1) is 10.1. The summed E-state index contributed by atoms with van der Waals surface area (Å²) in [6.45, 7) is 0. The van der Waals surface area contributed by atoms with Crippen molar-refractivity contribution in [2.75, 3.05) is 0 Å². The van der Waals surface area contributed by atoms with Gasteiger partial charge < -0.3 is 9.97 Å². The second kappa shape index (κ2) is 5.20. The van der Waals surface area contributed by atoms with Gasteiger partial charge in [-0.15, -0.1) is 0 Å². The summed E-state index contributed by atoms with van der Waals surface area (Å²) in [5.74, 6) is -0.570. The minimum absolute atomic E-state index is 0.219. The summed E-state index contributed by atoms with van der Waals surface area (Å²) in [6.07, 6.45) is 2.93. The standard InChI is InChI=1S/C16H11FN2O2/c17-12-3-1-2-10(8-12)4-7-15(20)11-5-6-13-14(9-11)19-16(21)18-13/h1-9H,(H2,18,19,21)/b7-4+. The average molecular weight is 282 g/mol. The maximum Gasteiger partial charge on any atom is 0.323 e. The van der Waals surface area contributed by atoms with Crippen molar-refractivity contribution in [3.05, 3.63) is 76.0 Å². The highest BCUT2D eigenvalue weighted by atomic mass is 19.1. The molecular weight excluding hydrogens is 271 g/mol. The maximum atomic E-state index is 13.0. The summed E-state index contributed by atoms with van der Waals surface area (Å²) in [4.78, 5) is 28.4. The second-order valence-electron chi connectivity index (χ2n) is 4.59. The van der Waals surface area contributed by atoms with Crippen molar-refractivity contribution in [3.63, 3.8) is 0 Å². The van der Waals surface area contributed by atoms with Crippen LogP contribution < -0.4 is 5.69 Å². The predicted molar refractivity (Wildman–Crippen MR) is 78.7 cm³/mol. The number of carbonyl (C=O) groups excluding carboxylic acids is 1. The van der Waals surface area contributed by atoms with Crippen LogP contribution in [0.4, 0.5) is 4.39 Å². The molecule has 0 aliphatic carbocycles. The zero-order valence-electron chi connectivity index (χ0n) is 10.9. The number of fused-ring (bicyclic) bond motifs is 1. The van der Waals surface area contributed by atoms with Crippen LogP contribution >= 0.6 is 0 Å². The van der Waals surface area contributed by atoms with Crippen LogP contribution in [0, 0.1) is 5.82 Å². The van der Waals surface area contributed by atoms with Crippen LogP contribution in [0.2, 0.25) is 0 Å². The van der Waals surface area contributed by atoms with E-state index < -0.39 is 0 Å². The number of ketones is 1. The number of allylic oxidation sites excluding steroid dienone is 1. The maximum absolute atomic E-state index is 13.0. The van der Waals surface area contributed by atoms with Crippen LogP contribution in [-0.2, 0) is 0 Å². The first-order valence-electron chi connectivity index (χ1n) is 6.32. The summed E-state index contributed by atoms with van der Waals surface area (Å²) in [5.41, 5.74) is 1.96. The number of benzene rings is 2. The van der Waals surface area contributed by atoms with E-state index in [9.17, 15) is 14.0 Å². The van der Waals surface area contributed by atoms with Crippen LogP contribution in [0.25, 0.3) is 17.1 Å². The fourth-order valence-electron chi connectivity index (χ4n) is 2.06. The lowest BCUT2D eigenvalue weighted by atomic mass is 10.1. The Kier molecular flexibility index (Phi) is 3.23. The Morgan fingerprint density at radius 1 is 1.05 bits per heavy atom. The molecule has 2 N–H and O–H groups in total. The number of halogens is 1. The molecule has 0 spiro atoms. The molecule has 0 bridgehead atoms. The number of hydrogen-bond donors (Lipinski definition) is 2. The zero-order valence-corrected chi connectivity index (χ0v) is 10.9. The summed E-state index contributed by atoms with van der Waals surface area (Å²) in [5, 5.41) is 0. The third kappa shape index (κ3) is 2.81. The molecule has 104 valence electrons. The normalized spacial score (nSPS) is 11.3. The van der Waals surface area contributed by atoms with E-state index in [-0.39, 0.29) is 17.3 Å². The number of hydrogen-bond acceptors (Lipinski definition) is 2. The molecule has 0 aliphatic heterocycles. The Labute approximate surface area is 118 Å². The molecule has 0 saturated carbocycles. The molecule has 0 aliphatic rings. The smallest absolute Gasteiger partial charge is 0.306 e. The molecule has 3 aromatic rings. The zero-order chi connectivity index (χ0) is 14.8. The fraction of sp³-hybridized carbons (Fsp3) is 0. The molecule has 4 nitrogen and oxygen atoms in total. The molecular formula is C16H11FN2O2. The van der Waals surface area contributed by atoms with E-state index in [1.54, 1.807) is 36.4 Å². The van der Waals surface area contributed by atoms with E-state index in [2.05, 4.69) is 9.97 Å². The lowest BCUT2D eigenvalue weighted by Crippen LogP contribution is -1.99. The Bertz CT molecular complexity index is 906. The van der Waals surface area contributed by atoms with Crippen molar-refractivity contribution < 1.29 is 9.18 Å². The van der Waals surface area contributed by atoms with E-state index in [4.69, 9.17) is 0 Å². The largest absolute Gasteiger partial charge is 0.323 e. The highest BCUT2D eigenvalue weighted by Crippen LogP contribution is 2.12. The number of aromatic nitrogens is 2. The lowest BCUT2D eigenvalue weighted by Gasteiger charge is -1.97. The highest BCUT2D eigenvalue weighted by Gasteiger charge is 2.05. The summed E-state index contributed by atoms with van der Waals surface area (Å²) < 4.78 is 13.0. The van der Waals surface area contributed by atoms with E-state index in [1.165, 1.54) is 18.2 Å². The van der Waals surface area contributed by atoms with Gasteiger partial charge in [0.25, 0.3) is 0 Å². The van der Waals surface area contributed by atoms with Crippen LogP contribution in [0.1, 0.15) is 15.9 Å². The average Bonchev–Trinajstić information content (AvgIpc) is 2.84. The molecule has 0 radical (unpaired) electrons. The van der Waals surface area contributed by atoms with E-state index in [0.29, 0.717) is 22.2 Å². The third-order valence-electron chi connectivity index (χ3n) is 3.08. The molecule has 5 heteroatoms. The number of carbonyl (C=O) groups is 1. The monoisotopic (exact) mass is 282 g/mol. The Hall–Kier alpha value is -2.95. The van der Waals surface area contributed by atoms with Crippen LogP contribution in [0.3, 0.4) is 0 Å². The number of imidazole rings is 1. The molecule has 2 aromatic carbocycles. The SMILES string of the molecule is O=C(/C=C/c1cccc(F)c1)c1ccc2[nH]c(=O)[nH]c2c1. The summed E-state index contributed by atoms with van der Waals surface area (Å²) >= 11 is 0. The van der Waals surface area contributed by atoms with Gasteiger partial charge in [-0.3, -0.25) is 4.79 Å². The Balaban J connectivity index is 1.88. The second-order valence-corrected chi connectivity index (χ2v) is 4.59. The molecule has 0 unspecified atom stereocenters. The van der Waals surface area contributed by atoms with Crippen LogP contribution in [-0.4, -0.2) is 15.8 Å². The Morgan fingerprint density at radius 3 is 2.67 bits per heavy atom. The van der Waals surface area contributed by atoms with Gasteiger partial charge in [0.05, 0.1) is 11.0 Å². The molecule has 1 heterocycles. The van der Waals surface area contributed by atoms with Gasteiger partial charge in [0.2, 0.25) is 0 Å². The minimum Gasteiger partial charge on any atom is -0.306 e. The first kappa shape index (κ1) is 13.1. The molecule has 0 amide bonds. The summed E-state index contributed by atoms with van der Waals surface area (Å²) in [7, 11) is 0. The number of H-pyrrole nitrogens is 2. The lowest BCUT2D eigenvalue weighted by molar-refractivity contribution is 0.104. The number of rotatable bonds is 3. The molecule has 3 rings (SSSR count). The number of nitrogens with one attached hydrogen (secondary N) is 2. The fourth-order valence-corrected chi connectivity index (χ4v) is 2.06. The third-order valence-corrected chi connectivity index (χ3v) is 3.08. The predicted octanol–water partition coefficient (Wildman–Crippen LogP) is 2.89. The Morgan fingerprint density at radius 2 is 1.86 bits per heavy atom. The van der Waals surface area contributed by atoms with E-state index in [1.807, 2.05) is 0 Å². The topological polar surface area (TPSA) is 65.7 Å². The molecule has 0 fully saturated rings. The van der Waals surface area contributed by atoms with Gasteiger partial charge in [-0.1, -0.05) is 18.2 Å². The van der Waals surface area contributed by atoms with Gasteiger partial charge in [-0.05, 0) is 42.0 Å². The molecule has 21 heavy (non-hydrogen) atoms. The molecule has 1 aromatic heterocycles. The quantitative estimate of drug-likeness (QED) is 0.573.